The maximum absolute atomic E-state index is 12.0. The molecule has 0 heterocycles. The summed E-state index contributed by atoms with van der Waals surface area (Å²) in [7, 11) is 0. The highest BCUT2D eigenvalue weighted by molar-refractivity contribution is 7.99. The summed E-state index contributed by atoms with van der Waals surface area (Å²) in [6.45, 7) is 2.01. The number of carbonyl (C=O) groups excluding carboxylic acids is 1. The van der Waals surface area contributed by atoms with Crippen LogP contribution in [0, 0.1) is 0 Å². The topological polar surface area (TPSA) is 49.3 Å². The molecule has 0 saturated heterocycles. The summed E-state index contributed by atoms with van der Waals surface area (Å²) in [5.74, 6) is 1.21. The number of halogens is 1. The Balaban J connectivity index is 1.74. The van der Waals surface area contributed by atoms with Crippen molar-refractivity contribution < 1.29 is 9.90 Å². The summed E-state index contributed by atoms with van der Waals surface area (Å²) in [5, 5.41) is 12.7. The van der Waals surface area contributed by atoms with Gasteiger partial charge in [-0.25, -0.2) is 0 Å². The van der Waals surface area contributed by atoms with E-state index in [-0.39, 0.29) is 18.6 Å². The molecule has 0 aliphatic rings. The van der Waals surface area contributed by atoms with Gasteiger partial charge in [0.1, 0.15) is 0 Å². The van der Waals surface area contributed by atoms with Crippen LogP contribution in [0.2, 0.25) is 5.02 Å². The summed E-state index contributed by atoms with van der Waals surface area (Å²) in [4.78, 5) is 12.0. The molecule has 2 rings (SSSR count). The molecule has 0 fully saturated rings. The van der Waals surface area contributed by atoms with E-state index in [4.69, 9.17) is 16.7 Å². The molecule has 2 aromatic carbocycles. The van der Waals surface area contributed by atoms with Crippen LogP contribution in [0.3, 0.4) is 0 Å². The van der Waals surface area contributed by atoms with Crippen LogP contribution in [0.25, 0.3) is 0 Å². The van der Waals surface area contributed by atoms with Crippen LogP contribution in [0.15, 0.2) is 48.5 Å². The third kappa shape index (κ3) is 5.90. The molecule has 0 aliphatic carbocycles. The SMILES string of the molecule is CC(NC(=O)CSCc1ccc(CO)cc1)c1ccc(Cl)cc1. The van der Waals surface area contributed by atoms with Gasteiger partial charge in [-0.1, -0.05) is 48.0 Å². The Hall–Kier alpha value is -1.49. The number of nitrogens with one attached hydrogen (secondary N) is 1. The van der Waals surface area contributed by atoms with E-state index in [9.17, 15) is 4.79 Å². The van der Waals surface area contributed by atoms with Crippen LogP contribution in [0.4, 0.5) is 0 Å². The van der Waals surface area contributed by atoms with Gasteiger partial charge in [0.2, 0.25) is 5.91 Å². The number of rotatable bonds is 7. The number of hydrogen-bond donors (Lipinski definition) is 2. The molecule has 0 bridgehead atoms. The molecule has 2 N–H and O–H groups in total. The molecule has 3 nitrogen and oxygen atoms in total. The van der Waals surface area contributed by atoms with Crippen LogP contribution in [0.5, 0.6) is 0 Å². The molecule has 0 radical (unpaired) electrons. The fourth-order valence-corrected chi connectivity index (χ4v) is 3.05. The largest absolute Gasteiger partial charge is 0.392 e. The van der Waals surface area contributed by atoms with Crippen LogP contribution in [-0.2, 0) is 17.2 Å². The van der Waals surface area contributed by atoms with E-state index in [2.05, 4.69) is 5.32 Å². The van der Waals surface area contributed by atoms with Crippen molar-refractivity contribution in [2.45, 2.75) is 25.3 Å². The Morgan fingerprint density at radius 1 is 1.13 bits per heavy atom. The van der Waals surface area contributed by atoms with Crippen LogP contribution < -0.4 is 5.32 Å². The average molecular weight is 350 g/mol. The first-order valence-electron chi connectivity index (χ1n) is 7.39. The van der Waals surface area contributed by atoms with Gasteiger partial charge in [-0.2, -0.15) is 0 Å². The zero-order chi connectivity index (χ0) is 16.7. The van der Waals surface area contributed by atoms with E-state index in [0.717, 1.165) is 22.4 Å². The molecule has 0 saturated carbocycles. The predicted octanol–water partition coefficient (Wildman–Crippen LogP) is 3.94. The summed E-state index contributed by atoms with van der Waals surface area (Å²) >= 11 is 7.44. The minimum Gasteiger partial charge on any atom is -0.392 e. The molecule has 0 aromatic heterocycles. The Labute approximate surface area is 146 Å². The lowest BCUT2D eigenvalue weighted by atomic mass is 10.1. The van der Waals surface area contributed by atoms with E-state index >= 15 is 0 Å². The van der Waals surface area contributed by atoms with E-state index in [0.29, 0.717) is 10.8 Å². The molecule has 1 atom stereocenters. The predicted molar refractivity (Wildman–Crippen MR) is 96.5 cm³/mol. The second-order valence-corrected chi connectivity index (χ2v) is 6.73. The Morgan fingerprint density at radius 2 is 1.74 bits per heavy atom. The van der Waals surface area contributed by atoms with Crippen molar-refractivity contribution in [3.63, 3.8) is 0 Å². The Bertz CT molecular complexity index is 628. The molecule has 23 heavy (non-hydrogen) atoms. The van der Waals surface area contributed by atoms with Gasteiger partial charge in [0.15, 0.2) is 0 Å². The van der Waals surface area contributed by atoms with Gasteiger partial charge < -0.3 is 10.4 Å². The van der Waals surface area contributed by atoms with Crippen molar-refractivity contribution in [3.8, 4) is 0 Å². The quantitative estimate of drug-likeness (QED) is 0.796. The number of aliphatic hydroxyl groups is 1. The van der Waals surface area contributed by atoms with Crippen LogP contribution >= 0.6 is 23.4 Å². The van der Waals surface area contributed by atoms with Crippen molar-refractivity contribution in [1.82, 2.24) is 5.32 Å². The standard InChI is InChI=1S/C18H20ClNO2S/c1-13(16-6-8-17(19)9-7-16)20-18(22)12-23-11-15-4-2-14(10-21)3-5-15/h2-9,13,21H,10-12H2,1H3,(H,20,22). The Kier molecular flexibility index (Phi) is 6.96. The first-order valence-corrected chi connectivity index (χ1v) is 8.93. The third-order valence-electron chi connectivity index (χ3n) is 3.45. The van der Waals surface area contributed by atoms with Crippen LogP contribution in [0.1, 0.15) is 29.7 Å². The zero-order valence-corrected chi connectivity index (χ0v) is 14.5. The Morgan fingerprint density at radius 3 is 2.35 bits per heavy atom. The average Bonchev–Trinajstić information content (AvgIpc) is 2.56. The lowest BCUT2D eigenvalue weighted by molar-refractivity contribution is -0.119. The molecule has 1 unspecified atom stereocenters. The van der Waals surface area contributed by atoms with Crippen molar-refractivity contribution in [2.24, 2.45) is 0 Å². The lowest BCUT2D eigenvalue weighted by Crippen LogP contribution is -2.28. The highest BCUT2D eigenvalue weighted by atomic mass is 35.5. The summed E-state index contributed by atoms with van der Waals surface area (Å²) in [6, 6.07) is 15.2. The zero-order valence-electron chi connectivity index (χ0n) is 13.0. The fourth-order valence-electron chi connectivity index (χ4n) is 2.12. The third-order valence-corrected chi connectivity index (χ3v) is 4.71. The minimum atomic E-state index is -0.0378. The number of carbonyl (C=O) groups is 1. The summed E-state index contributed by atoms with van der Waals surface area (Å²) in [6.07, 6.45) is 0. The smallest absolute Gasteiger partial charge is 0.230 e. The number of thioether (sulfide) groups is 1. The van der Waals surface area contributed by atoms with Gasteiger partial charge >= 0.3 is 0 Å². The minimum absolute atomic E-state index is 0.0180. The first-order chi connectivity index (χ1) is 11.1. The van der Waals surface area contributed by atoms with E-state index in [1.807, 2.05) is 55.5 Å². The molecule has 122 valence electrons. The van der Waals surface area contributed by atoms with Gasteiger partial charge in [0.05, 0.1) is 18.4 Å². The molecule has 0 aliphatic heterocycles. The van der Waals surface area contributed by atoms with Gasteiger partial charge in [0.25, 0.3) is 0 Å². The second-order valence-electron chi connectivity index (χ2n) is 5.31. The van der Waals surface area contributed by atoms with E-state index in [1.54, 1.807) is 11.8 Å². The van der Waals surface area contributed by atoms with E-state index < -0.39 is 0 Å². The first kappa shape index (κ1) is 17.9. The van der Waals surface area contributed by atoms with Crippen molar-refractivity contribution in [1.29, 1.82) is 0 Å². The van der Waals surface area contributed by atoms with Crippen LogP contribution in [-0.4, -0.2) is 16.8 Å². The summed E-state index contributed by atoms with van der Waals surface area (Å²) < 4.78 is 0. The number of benzene rings is 2. The number of amides is 1. The number of aliphatic hydroxyl groups excluding tert-OH is 1. The van der Waals surface area contributed by atoms with Crippen molar-refractivity contribution >= 4 is 29.3 Å². The molecule has 0 spiro atoms. The molecule has 5 heteroatoms. The highest BCUT2D eigenvalue weighted by Gasteiger charge is 2.09. The van der Waals surface area contributed by atoms with Gasteiger partial charge in [0, 0.05) is 10.8 Å². The maximum atomic E-state index is 12.0. The number of hydrogen-bond acceptors (Lipinski definition) is 3. The molecular formula is C18H20ClNO2S. The molecule has 1 amide bonds. The van der Waals surface area contributed by atoms with Gasteiger partial charge in [-0.05, 0) is 35.7 Å². The summed E-state index contributed by atoms with van der Waals surface area (Å²) in [5.41, 5.74) is 3.08. The molecular weight excluding hydrogens is 330 g/mol. The van der Waals surface area contributed by atoms with Gasteiger partial charge in [-0.3, -0.25) is 4.79 Å². The van der Waals surface area contributed by atoms with Crippen molar-refractivity contribution in [3.05, 3.63) is 70.2 Å². The maximum Gasteiger partial charge on any atom is 0.230 e. The lowest BCUT2D eigenvalue weighted by Gasteiger charge is -2.14. The van der Waals surface area contributed by atoms with Gasteiger partial charge in [-0.15, -0.1) is 11.8 Å². The highest BCUT2D eigenvalue weighted by Crippen LogP contribution is 2.17. The second kappa shape index (κ2) is 8.96. The molecule has 2 aromatic rings. The monoisotopic (exact) mass is 349 g/mol. The van der Waals surface area contributed by atoms with E-state index in [1.165, 1.54) is 0 Å². The fraction of sp³-hybridized carbons (Fsp3) is 0.278. The normalized spacial score (nSPS) is 12.0. The van der Waals surface area contributed by atoms with Crippen molar-refractivity contribution in [2.75, 3.05) is 5.75 Å².